The fourth-order valence-electron chi connectivity index (χ4n) is 4.18. The summed E-state index contributed by atoms with van der Waals surface area (Å²) in [5.41, 5.74) is 0.992. The topological polar surface area (TPSA) is 88.5 Å². The number of likely N-dealkylation sites (tertiary alicyclic amines) is 1. The third kappa shape index (κ3) is 4.87. The minimum Gasteiger partial charge on any atom is -0.507 e. The van der Waals surface area contributed by atoms with Gasteiger partial charge in [0.1, 0.15) is 23.0 Å². The van der Waals surface area contributed by atoms with Gasteiger partial charge < -0.3 is 29.1 Å². The normalized spacial score (nSPS) is 17.4. The molecule has 0 bridgehead atoms. The van der Waals surface area contributed by atoms with Crippen LogP contribution >= 0.6 is 0 Å². The van der Waals surface area contributed by atoms with Crippen molar-refractivity contribution < 1.29 is 28.9 Å². The highest BCUT2D eigenvalue weighted by atomic mass is 16.5. The molecule has 8 nitrogen and oxygen atoms in total. The monoisotopic (exact) mass is 468 g/mol. The number of hydrogen-bond acceptors (Lipinski definition) is 7. The predicted octanol–water partition coefficient (Wildman–Crippen LogP) is 3.48. The summed E-state index contributed by atoms with van der Waals surface area (Å²) in [6.07, 6.45) is 0. The fourth-order valence-corrected chi connectivity index (χ4v) is 4.18. The molecule has 0 aromatic heterocycles. The molecule has 2 aromatic carbocycles. The van der Waals surface area contributed by atoms with Gasteiger partial charge in [-0.2, -0.15) is 0 Å². The Kier molecular flexibility index (Phi) is 8.17. The molecule has 0 spiro atoms. The number of carbonyl (C=O) groups is 2. The van der Waals surface area contributed by atoms with Crippen LogP contribution in [0.1, 0.15) is 31.0 Å². The maximum atomic E-state index is 13.3. The van der Waals surface area contributed by atoms with Gasteiger partial charge in [-0.1, -0.05) is 13.8 Å². The Morgan fingerprint density at radius 3 is 2.12 bits per heavy atom. The number of carbonyl (C=O) groups excluding carboxylic acids is 2. The van der Waals surface area contributed by atoms with Crippen LogP contribution in [0, 0.1) is 0 Å². The lowest BCUT2D eigenvalue weighted by atomic mass is 9.94. The zero-order chi connectivity index (χ0) is 24.8. The van der Waals surface area contributed by atoms with E-state index in [2.05, 4.69) is 4.90 Å². The average molecular weight is 469 g/mol. The molecule has 1 atom stereocenters. The van der Waals surface area contributed by atoms with Crippen molar-refractivity contribution in [3.8, 4) is 17.2 Å². The van der Waals surface area contributed by atoms with Gasteiger partial charge in [-0.15, -0.1) is 0 Å². The lowest BCUT2D eigenvalue weighted by Crippen LogP contribution is -2.38. The van der Waals surface area contributed by atoms with Crippen molar-refractivity contribution in [3.63, 3.8) is 0 Å². The van der Waals surface area contributed by atoms with Crippen LogP contribution in [0.25, 0.3) is 5.76 Å². The van der Waals surface area contributed by atoms with Gasteiger partial charge in [-0.25, -0.2) is 0 Å². The number of ketones is 1. The third-order valence-electron chi connectivity index (χ3n) is 6.19. The Labute approximate surface area is 200 Å². The molecule has 1 fully saturated rings. The first-order valence-corrected chi connectivity index (χ1v) is 11.3. The van der Waals surface area contributed by atoms with Gasteiger partial charge in [-0.3, -0.25) is 9.59 Å². The summed E-state index contributed by atoms with van der Waals surface area (Å²) in [6.45, 7) is 6.63. The number of rotatable bonds is 10. The van der Waals surface area contributed by atoms with Crippen molar-refractivity contribution in [2.24, 2.45) is 0 Å². The fraction of sp³-hybridized carbons (Fsp3) is 0.385. The van der Waals surface area contributed by atoms with E-state index in [4.69, 9.17) is 14.2 Å². The zero-order valence-corrected chi connectivity index (χ0v) is 20.3. The van der Waals surface area contributed by atoms with Crippen molar-refractivity contribution in [3.05, 3.63) is 59.2 Å². The summed E-state index contributed by atoms with van der Waals surface area (Å²) in [5, 5.41) is 11.2. The van der Waals surface area contributed by atoms with E-state index in [1.807, 2.05) is 13.8 Å². The number of benzene rings is 2. The van der Waals surface area contributed by atoms with E-state index >= 15 is 0 Å². The summed E-state index contributed by atoms with van der Waals surface area (Å²) in [7, 11) is 4.61. The van der Waals surface area contributed by atoms with Crippen LogP contribution in [0.2, 0.25) is 0 Å². The number of Topliss-reactive ketones (excluding diaryl/α,β-unsaturated/α-hetero) is 1. The summed E-state index contributed by atoms with van der Waals surface area (Å²) in [4.78, 5) is 30.1. The highest BCUT2D eigenvalue weighted by Gasteiger charge is 2.47. The van der Waals surface area contributed by atoms with Crippen LogP contribution in [0.3, 0.4) is 0 Å². The molecule has 3 rings (SSSR count). The number of methoxy groups -OCH3 is 3. The smallest absolute Gasteiger partial charge is 0.295 e. The molecule has 1 N–H and O–H groups in total. The third-order valence-corrected chi connectivity index (χ3v) is 6.19. The van der Waals surface area contributed by atoms with Crippen molar-refractivity contribution >= 4 is 17.4 Å². The summed E-state index contributed by atoms with van der Waals surface area (Å²) >= 11 is 0. The number of hydrogen-bond donors (Lipinski definition) is 1. The van der Waals surface area contributed by atoms with Gasteiger partial charge >= 0.3 is 0 Å². The molecule has 1 aliphatic rings. The van der Waals surface area contributed by atoms with Crippen molar-refractivity contribution in [2.45, 2.75) is 19.9 Å². The lowest BCUT2D eigenvalue weighted by molar-refractivity contribution is -0.140. The van der Waals surface area contributed by atoms with E-state index in [-0.39, 0.29) is 11.3 Å². The number of ether oxygens (including phenoxy) is 3. The molecular weight excluding hydrogens is 436 g/mol. The molecule has 0 aliphatic carbocycles. The van der Waals surface area contributed by atoms with Crippen LogP contribution in [0.15, 0.2) is 48.0 Å². The highest BCUT2D eigenvalue weighted by Crippen LogP contribution is 2.43. The molecule has 1 saturated heterocycles. The second kappa shape index (κ2) is 11.1. The quantitative estimate of drug-likeness (QED) is 0.324. The largest absolute Gasteiger partial charge is 0.507 e. The van der Waals surface area contributed by atoms with Gasteiger partial charge in [0.2, 0.25) is 0 Å². The standard InChI is InChI=1S/C26H32N2O6/c1-6-27(7-2)14-15-28-23(20-16-19(33-4)12-13-21(20)34-5)22(25(30)26(28)31)24(29)17-8-10-18(32-3)11-9-17/h8-13,16,23,29H,6-7,14-15H2,1-5H3/t23-/m0/s1. The molecule has 0 saturated carbocycles. The van der Waals surface area contributed by atoms with Crippen LogP contribution < -0.4 is 14.2 Å². The number of likely N-dealkylation sites (N-methyl/N-ethyl adjacent to an activating group) is 1. The van der Waals surface area contributed by atoms with Crippen LogP contribution in [-0.4, -0.2) is 74.1 Å². The number of nitrogens with zero attached hydrogens (tertiary/aromatic N) is 2. The van der Waals surface area contributed by atoms with Crippen LogP contribution in [-0.2, 0) is 9.59 Å². The Bertz CT molecular complexity index is 1060. The number of aliphatic hydroxyl groups excluding tert-OH is 1. The van der Waals surface area contributed by atoms with Gasteiger partial charge in [0.15, 0.2) is 0 Å². The molecule has 1 amide bonds. The Morgan fingerprint density at radius 1 is 0.941 bits per heavy atom. The minimum absolute atomic E-state index is 0.0151. The molecule has 34 heavy (non-hydrogen) atoms. The van der Waals surface area contributed by atoms with Gasteiger partial charge in [-0.05, 0) is 55.6 Å². The average Bonchev–Trinajstić information content (AvgIpc) is 3.13. The summed E-state index contributed by atoms with van der Waals surface area (Å²) in [6, 6.07) is 11.1. The minimum atomic E-state index is -0.831. The molecular formula is C26H32N2O6. The lowest BCUT2D eigenvalue weighted by Gasteiger charge is -2.29. The van der Waals surface area contributed by atoms with E-state index < -0.39 is 17.7 Å². The molecule has 1 aliphatic heterocycles. The molecule has 182 valence electrons. The van der Waals surface area contributed by atoms with E-state index in [0.717, 1.165) is 13.1 Å². The van der Waals surface area contributed by atoms with E-state index in [1.54, 1.807) is 56.7 Å². The van der Waals surface area contributed by atoms with Gasteiger partial charge in [0.25, 0.3) is 11.7 Å². The van der Waals surface area contributed by atoms with Crippen LogP contribution in [0.4, 0.5) is 0 Å². The Balaban J connectivity index is 2.18. The molecule has 0 radical (unpaired) electrons. The van der Waals surface area contributed by atoms with Crippen molar-refractivity contribution in [1.82, 2.24) is 9.80 Å². The second-order valence-corrected chi connectivity index (χ2v) is 7.86. The first-order valence-electron chi connectivity index (χ1n) is 11.3. The predicted molar refractivity (Wildman–Crippen MR) is 129 cm³/mol. The van der Waals surface area contributed by atoms with Crippen LogP contribution in [0.5, 0.6) is 17.2 Å². The first kappa shape index (κ1) is 25.1. The second-order valence-electron chi connectivity index (χ2n) is 7.86. The van der Waals surface area contributed by atoms with Gasteiger partial charge in [0, 0.05) is 24.2 Å². The maximum Gasteiger partial charge on any atom is 0.295 e. The molecule has 8 heteroatoms. The van der Waals surface area contributed by atoms with Crippen molar-refractivity contribution in [1.29, 1.82) is 0 Å². The van der Waals surface area contributed by atoms with E-state index in [9.17, 15) is 14.7 Å². The molecule has 1 heterocycles. The number of amides is 1. The summed E-state index contributed by atoms with van der Waals surface area (Å²) < 4.78 is 16.2. The first-order chi connectivity index (χ1) is 16.4. The maximum absolute atomic E-state index is 13.3. The summed E-state index contributed by atoms with van der Waals surface area (Å²) in [5.74, 6) is 0.0130. The SMILES string of the molecule is CCN(CC)CCN1C(=O)C(=O)C(=C(O)c2ccc(OC)cc2)[C@@H]1c1cc(OC)ccc1OC. The van der Waals surface area contributed by atoms with E-state index in [1.165, 1.54) is 12.0 Å². The van der Waals surface area contributed by atoms with E-state index in [0.29, 0.717) is 41.5 Å². The Morgan fingerprint density at radius 2 is 1.56 bits per heavy atom. The number of aliphatic hydroxyl groups is 1. The van der Waals surface area contributed by atoms with Crippen molar-refractivity contribution in [2.75, 3.05) is 47.5 Å². The van der Waals surface area contributed by atoms with Gasteiger partial charge in [0.05, 0.1) is 32.9 Å². The Hall–Kier alpha value is -3.52. The molecule has 2 aromatic rings. The zero-order valence-electron chi connectivity index (χ0n) is 20.3. The molecule has 0 unspecified atom stereocenters. The highest BCUT2D eigenvalue weighted by molar-refractivity contribution is 6.46.